The van der Waals surface area contributed by atoms with Crippen molar-refractivity contribution in [1.82, 2.24) is 0 Å². The van der Waals surface area contributed by atoms with Gasteiger partial charge in [0.05, 0.1) is 0 Å². The van der Waals surface area contributed by atoms with Crippen molar-refractivity contribution < 1.29 is 53.1 Å². The summed E-state index contributed by atoms with van der Waals surface area (Å²) >= 11 is 0. The van der Waals surface area contributed by atoms with Gasteiger partial charge in [-0.05, 0) is 6.92 Å². The molecule has 0 aromatic rings. The van der Waals surface area contributed by atoms with E-state index in [1.54, 1.807) is 0 Å². The zero-order valence-electron chi connectivity index (χ0n) is 9.98. The smallest absolute Gasteiger partial charge is 0.300 e. The topological polar surface area (TPSA) is 17.1 Å². The summed E-state index contributed by atoms with van der Waals surface area (Å²) in [7, 11) is 0. The van der Waals surface area contributed by atoms with Gasteiger partial charge in [0.2, 0.25) is 0 Å². The predicted octanol–water partition coefficient (Wildman–Crippen LogP) is 4.46. The van der Waals surface area contributed by atoms with Gasteiger partial charge in [0.25, 0.3) is 0 Å². The molecule has 0 heterocycles. The molecule has 0 N–H and O–H groups in total. The van der Waals surface area contributed by atoms with Crippen LogP contribution >= 0.6 is 0 Å². The fraction of sp³-hybridized carbons (Fsp3) is 0.889. The molecule has 0 aliphatic heterocycles. The molecule has 0 radical (unpaired) electrons. The number of hydrogen-bond donors (Lipinski definition) is 0. The van der Waals surface area contributed by atoms with E-state index in [9.17, 15) is 53.1 Å². The molecule has 0 saturated carbocycles. The van der Waals surface area contributed by atoms with Crippen molar-refractivity contribution in [3.05, 3.63) is 0 Å². The highest BCUT2D eigenvalue weighted by atomic mass is 19.4. The average molecular weight is 340 g/mol. The maximum absolute atomic E-state index is 12.9. The maximum Gasteiger partial charge on any atom is 0.460 e. The van der Waals surface area contributed by atoms with Gasteiger partial charge >= 0.3 is 29.9 Å². The molecule has 12 heteroatoms. The van der Waals surface area contributed by atoms with Gasteiger partial charge in [0.15, 0.2) is 0 Å². The van der Waals surface area contributed by atoms with Gasteiger partial charge in [-0.15, -0.1) is 0 Å². The van der Waals surface area contributed by atoms with E-state index in [1.165, 1.54) is 0 Å². The van der Waals surface area contributed by atoms with Crippen LogP contribution in [0, 0.1) is 0 Å². The molecule has 126 valence electrons. The van der Waals surface area contributed by atoms with E-state index in [2.05, 4.69) is 0 Å². The molecule has 0 atom stereocenters. The lowest BCUT2D eigenvalue weighted by molar-refractivity contribution is -0.422. The molecule has 0 saturated heterocycles. The van der Waals surface area contributed by atoms with E-state index in [0.717, 1.165) is 0 Å². The summed E-state index contributed by atoms with van der Waals surface area (Å²) in [6.07, 6.45) is -10.9. The molecule has 0 spiro atoms. The number of ketones is 1. The van der Waals surface area contributed by atoms with Crippen molar-refractivity contribution in [2.24, 2.45) is 0 Å². The molecule has 0 fully saturated rings. The summed E-state index contributed by atoms with van der Waals surface area (Å²) < 4.78 is 137. The third-order valence-corrected chi connectivity index (χ3v) is 2.40. The number of halogens is 11. The second kappa shape index (κ2) is 5.27. The van der Waals surface area contributed by atoms with Crippen LogP contribution in [0.5, 0.6) is 0 Å². The third kappa shape index (κ3) is 3.23. The summed E-state index contributed by atoms with van der Waals surface area (Å²) in [6, 6.07) is 0. The summed E-state index contributed by atoms with van der Waals surface area (Å²) in [4.78, 5) is 10.3. The van der Waals surface area contributed by atoms with E-state index < -0.39 is 48.5 Å². The molecule has 1 nitrogen and oxygen atoms in total. The Morgan fingerprint density at radius 3 is 1.38 bits per heavy atom. The Balaban J connectivity index is 5.71. The van der Waals surface area contributed by atoms with Crippen LogP contribution in [0.1, 0.15) is 19.8 Å². The number of rotatable bonds is 6. The normalized spacial score (nSPS) is 15.2. The predicted molar refractivity (Wildman–Crippen MR) is 45.8 cm³/mol. The zero-order chi connectivity index (χ0) is 17.5. The monoisotopic (exact) mass is 340 g/mol. The van der Waals surface area contributed by atoms with E-state index in [4.69, 9.17) is 0 Å². The Kier molecular flexibility index (Phi) is 4.99. The molecule has 0 aromatic heterocycles. The first kappa shape index (κ1) is 19.9. The molecule has 0 aliphatic rings. The van der Waals surface area contributed by atoms with E-state index in [-0.39, 0.29) is 0 Å². The van der Waals surface area contributed by atoms with Crippen molar-refractivity contribution in [2.45, 2.75) is 49.6 Å². The Bertz CT molecular complexity index is 395. The number of carbonyl (C=O) groups excluding carboxylic acids is 1. The summed E-state index contributed by atoms with van der Waals surface area (Å²) in [5.74, 6) is -28.9. The Morgan fingerprint density at radius 1 is 0.714 bits per heavy atom. The first-order valence-corrected chi connectivity index (χ1v) is 4.99. The lowest BCUT2D eigenvalue weighted by atomic mass is 9.94. The highest BCUT2D eigenvalue weighted by Crippen LogP contribution is 2.58. The van der Waals surface area contributed by atoms with E-state index in [0.29, 0.717) is 6.92 Å². The SMILES string of the molecule is CC(=O)CCC(F)(F)C(F)(F)C(F)(F)C(F)(F)C(F)(F)F. The Hall–Kier alpha value is -1.10. The van der Waals surface area contributed by atoms with Gasteiger partial charge in [-0.1, -0.05) is 0 Å². The second-order valence-corrected chi connectivity index (χ2v) is 4.13. The summed E-state index contributed by atoms with van der Waals surface area (Å²) in [6.45, 7) is 0.608. The van der Waals surface area contributed by atoms with Gasteiger partial charge in [0, 0.05) is 12.8 Å². The molecule has 0 amide bonds. The molecule has 0 unspecified atom stereocenters. The number of Topliss-reactive ketones (excluding diaryl/α,β-unsaturated/α-hetero) is 1. The molecular formula is C9H7F11O. The van der Waals surface area contributed by atoms with Crippen LogP contribution in [-0.2, 0) is 4.79 Å². The van der Waals surface area contributed by atoms with Crippen LogP contribution < -0.4 is 0 Å². The minimum atomic E-state index is -7.40. The quantitative estimate of drug-likeness (QED) is 0.653. The van der Waals surface area contributed by atoms with Crippen molar-refractivity contribution >= 4 is 5.78 Å². The summed E-state index contributed by atoms with van der Waals surface area (Å²) in [5, 5.41) is 0. The van der Waals surface area contributed by atoms with Crippen LogP contribution in [0.2, 0.25) is 0 Å². The number of hydrogen-bond acceptors (Lipinski definition) is 1. The zero-order valence-corrected chi connectivity index (χ0v) is 9.98. The van der Waals surface area contributed by atoms with Crippen LogP contribution in [-0.4, -0.2) is 35.6 Å². The standard InChI is InChI=1S/C9H7F11O/c1-4(21)2-3-5(10,11)6(12,13)7(14,15)8(16,17)9(18,19)20/h2-3H2,1H3. The minimum Gasteiger partial charge on any atom is -0.300 e. The van der Waals surface area contributed by atoms with Crippen molar-refractivity contribution in [1.29, 1.82) is 0 Å². The van der Waals surface area contributed by atoms with Gasteiger partial charge in [0.1, 0.15) is 5.78 Å². The first-order chi connectivity index (χ1) is 8.92. The average Bonchev–Trinajstić information content (AvgIpc) is 2.24. The largest absolute Gasteiger partial charge is 0.460 e. The molecular weight excluding hydrogens is 333 g/mol. The highest BCUT2D eigenvalue weighted by Gasteiger charge is 2.86. The van der Waals surface area contributed by atoms with Gasteiger partial charge < -0.3 is 4.79 Å². The van der Waals surface area contributed by atoms with Crippen LogP contribution in [0.25, 0.3) is 0 Å². The van der Waals surface area contributed by atoms with Gasteiger partial charge in [-0.25, -0.2) is 0 Å². The molecule has 0 aromatic carbocycles. The van der Waals surface area contributed by atoms with E-state index >= 15 is 0 Å². The van der Waals surface area contributed by atoms with E-state index in [1.807, 2.05) is 0 Å². The maximum atomic E-state index is 12.9. The Labute approximate surface area is 110 Å². The van der Waals surface area contributed by atoms with Gasteiger partial charge in [-0.3, -0.25) is 0 Å². The molecule has 0 bridgehead atoms. The lowest BCUT2D eigenvalue weighted by Gasteiger charge is -2.37. The fourth-order valence-corrected chi connectivity index (χ4v) is 1.09. The fourth-order valence-electron chi connectivity index (χ4n) is 1.09. The van der Waals surface area contributed by atoms with Crippen molar-refractivity contribution in [3.63, 3.8) is 0 Å². The summed E-state index contributed by atoms with van der Waals surface area (Å²) in [5.41, 5.74) is 0. The van der Waals surface area contributed by atoms with Crippen LogP contribution in [0.4, 0.5) is 48.3 Å². The number of alkyl halides is 11. The van der Waals surface area contributed by atoms with Crippen molar-refractivity contribution in [2.75, 3.05) is 0 Å². The number of carbonyl (C=O) groups is 1. The first-order valence-electron chi connectivity index (χ1n) is 4.99. The van der Waals surface area contributed by atoms with Crippen molar-refractivity contribution in [3.8, 4) is 0 Å². The molecule has 21 heavy (non-hydrogen) atoms. The van der Waals surface area contributed by atoms with Crippen LogP contribution in [0.15, 0.2) is 0 Å². The molecule has 0 rings (SSSR count). The van der Waals surface area contributed by atoms with Crippen LogP contribution in [0.3, 0.4) is 0 Å². The second-order valence-electron chi connectivity index (χ2n) is 4.13. The van der Waals surface area contributed by atoms with Gasteiger partial charge in [-0.2, -0.15) is 48.3 Å². The Morgan fingerprint density at radius 2 is 1.10 bits per heavy atom. The minimum absolute atomic E-state index is 0.608. The highest BCUT2D eigenvalue weighted by molar-refractivity contribution is 5.75. The third-order valence-electron chi connectivity index (χ3n) is 2.40. The molecule has 0 aliphatic carbocycles. The lowest BCUT2D eigenvalue weighted by Crippen LogP contribution is -2.66.